The molecule has 0 aliphatic carbocycles. The number of hydrogen-bond donors (Lipinski definition) is 0. The smallest absolute Gasteiger partial charge is 0.310 e. The SMILES string of the molecule is CCCn1c(-c2ccc([N+](=O)[O-])cc2)cn2c3c(=O)n(C)c(=O)n(C)c3nc12. The molecule has 0 bridgehead atoms. The van der Waals surface area contributed by atoms with E-state index in [0.717, 1.165) is 22.2 Å². The molecule has 0 N–H and O–H groups in total. The first kappa shape index (κ1) is 17.7. The fraction of sp³-hybridized carbons (Fsp3) is 0.278. The second-order valence-electron chi connectivity index (χ2n) is 6.63. The van der Waals surface area contributed by atoms with E-state index < -0.39 is 16.2 Å². The van der Waals surface area contributed by atoms with Crippen LogP contribution in [-0.4, -0.2) is 28.0 Å². The highest BCUT2D eigenvalue weighted by Crippen LogP contribution is 2.27. The maximum Gasteiger partial charge on any atom is 0.332 e. The number of imidazole rings is 2. The molecule has 0 radical (unpaired) electrons. The topological polar surface area (TPSA) is 109 Å². The largest absolute Gasteiger partial charge is 0.332 e. The zero-order chi connectivity index (χ0) is 20.2. The summed E-state index contributed by atoms with van der Waals surface area (Å²) in [4.78, 5) is 39.9. The molecule has 10 nitrogen and oxygen atoms in total. The quantitative estimate of drug-likeness (QED) is 0.394. The van der Waals surface area contributed by atoms with Crippen molar-refractivity contribution in [3.05, 3.63) is 61.4 Å². The first-order valence-electron chi connectivity index (χ1n) is 8.77. The molecule has 3 heterocycles. The Hall–Kier alpha value is -3.69. The summed E-state index contributed by atoms with van der Waals surface area (Å²) < 4.78 is 6.04. The summed E-state index contributed by atoms with van der Waals surface area (Å²) in [6, 6.07) is 6.24. The molecule has 0 saturated heterocycles. The average molecular weight is 382 g/mol. The Morgan fingerprint density at radius 2 is 1.79 bits per heavy atom. The molecule has 0 atom stereocenters. The maximum atomic E-state index is 12.7. The Balaban J connectivity index is 2.06. The monoisotopic (exact) mass is 382 g/mol. The van der Waals surface area contributed by atoms with E-state index in [-0.39, 0.29) is 5.69 Å². The molecular formula is C18H18N6O4. The summed E-state index contributed by atoms with van der Waals surface area (Å²) in [5, 5.41) is 10.9. The summed E-state index contributed by atoms with van der Waals surface area (Å²) >= 11 is 0. The summed E-state index contributed by atoms with van der Waals surface area (Å²) in [5.74, 6) is 0.545. The fourth-order valence-electron chi connectivity index (χ4n) is 3.44. The van der Waals surface area contributed by atoms with Crippen LogP contribution in [-0.2, 0) is 20.6 Å². The average Bonchev–Trinajstić information content (AvgIpc) is 3.22. The lowest BCUT2D eigenvalue weighted by Gasteiger charge is -2.07. The molecular weight excluding hydrogens is 364 g/mol. The minimum absolute atomic E-state index is 0.0106. The van der Waals surface area contributed by atoms with Crippen molar-refractivity contribution in [3.63, 3.8) is 0 Å². The van der Waals surface area contributed by atoms with E-state index in [0.29, 0.717) is 23.5 Å². The van der Waals surface area contributed by atoms with E-state index in [1.165, 1.54) is 23.7 Å². The van der Waals surface area contributed by atoms with Gasteiger partial charge in [0.25, 0.3) is 11.2 Å². The minimum atomic E-state index is -0.445. The van der Waals surface area contributed by atoms with Crippen LogP contribution in [0.25, 0.3) is 28.2 Å². The standard InChI is InChI=1S/C18H18N6O4/c1-4-9-22-13(11-5-7-12(8-6-11)24(27)28)10-23-14-15(19-17(22)23)20(2)18(26)21(3)16(14)25/h5-8,10H,4,9H2,1-3H3. The zero-order valence-corrected chi connectivity index (χ0v) is 15.6. The van der Waals surface area contributed by atoms with Gasteiger partial charge in [0.1, 0.15) is 0 Å². The van der Waals surface area contributed by atoms with Crippen LogP contribution in [0.2, 0.25) is 0 Å². The highest BCUT2D eigenvalue weighted by molar-refractivity contribution is 5.78. The van der Waals surface area contributed by atoms with Crippen LogP contribution in [0.1, 0.15) is 13.3 Å². The van der Waals surface area contributed by atoms with Gasteiger partial charge in [0.2, 0.25) is 5.78 Å². The molecule has 4 rings (SSSR count). The molecule has 144 valence electrons. The van der Waals surface area contributed by atoms with Gasteiger partial charge in [0.05, 0.1) is 10.6 Å². The number of nitro groups is 1. The van der Waals surface area contributed by atoms with Crippen LogP contribution in [0.4, 0.5) is 5.69 Å². The number of benzene rings is 1. The second kappa shape index (κ2) is 6.19. The predicted octanol–water partition coefficient (Wildman–Crippen LogP) is 1.67. The van der Waals surface area contributed by atoms with E-state index >= 15 is 0 Å². The second-order valence-corrected chi connectivity index (χ2v) is 6.63. The Kier molecular flexibility index (Phi) is 3.91. The lowest BCUT2D eigenvalue weighted by molar-refractivity contribution is -0.384. The summed E-state index contributed by atoms with van der Waals surface area (Å²) in [5.41, 5.74) is 1.36. The lowest BCUT2D eigenvalue weighted by Crippen LogP contribution is -2.37. The number of aromatic nitrogens is 5. The molecule has 0 saturated carbocycles. The Morgan fingerprint density at radius 3 is 2.39 bits per heavy atom. The van der Waals surface area contributed by atoms with Gasteiger partial charge < -0.3 is 4.57 Å². The van der Waals surface area contributed by atoms with Crippen LogP contribution in [0.15, 0.2) is 40.1 Å². The van der Waals surface area contributed by atoms with Crippen LogP contribution < -0.4 is 11.2 Å². The first-order valence-corrected chi connectivity index (χ1v) is 8.77. The normalized spacial score (nSPS) is 11.5. The summed E-state index contributed by atoms with van der Waals surface area (Å²) in [7, 11) is 3.02. The van der Waals surface area contributed by atoms with Gasteiger partial charge in [0, 0.05) is 44.5 Å². The van der Waals surface area contributed by atoms with Gasteiger partial charge in [-0.25, -0.2) is 4.79 Å². The zero-order valence-electron chi connectivity index (χ0n) is 15.6. The number of aryl methyl sites for hydroxylation is 2. The van der Waals surface area contributed by atoms with Gasteiger partial charge in [-0.1, -0.05) is 6.92 Å². The van der Waals surface area contributed by atoms with Crippen molar-refractivity contribution in [2.24, 2.45) is 14.1 Å². The van der Waals surface area contributed by atoms with Gasteiger partial charge in [-0.2, -0.15) is 4.98 Å². The molecule has 0 amide bonds. The first-order chi connectivity index (χ1) is 13.3. The van der Waals surface area contributed by atoms with Crippen molar-refractivity contribution < 1.29 is 4.92 Å². The van der Waals surface area contributed by atoms with Crippen LogP contribution >= 0.6 is 0 Å². The molecule has 28 heavy (non-hydrogen) atoms. The third kappa shape index (κ3) is 2.38. The number of fused-ring (bicyclic) bond motifs is 3. The fourth-order valence-corrected chi connectivity index (χ4v) is 3.44. The van der Waals surface area contributed by atoms with Gasteiger partial charge in [-0.15, -0.1) is 0 Å². The van der Waals surface area contributed by atoms with Crippen molar-refractivity contribution in [1.82, 2.24) is 23.1 Å². The van der Waals surface area contributed by atoms with E-state index in [1.807, 2.05) is 11.5 Å². The number of nitrogens with zero attached hydrogens (tertiary/aromatic N) is 6. The number of nitro benzene ring substituents is 1. The van der Waals surface area contributed by atoms with Gasteiger partial charge in [-0.3, -0.25) is 28.4 Å². The highest BCUT2D eigenvalue weighted by Gasteiger charge is 2.20. The predicted molar refractivity (Wildman–Crippen MR) is 104 cm³/mol. The number of rotatable bonds is 4. The van der Waals surface area contributed by atoms with Crippen molar-refractivity contribution in [3.8, 4) is 11.3 Å². The minimum Gasteiger partial charge on any atom is -0.310 e. The van der Waals surface area contributed by atoms with Gasteiger partial charge in [0.15, 0.2) is 11.2 Å². The van der Waals surface area contributed by atoms with Gasteiger partial charge in [-0.05, 0) is 18.6 Å². The number of hydrogen-bond acceptors (Lipinski definition) is 5. The number of non-ortho nitro benzene ring substituents is 1. The lowest BCUT2D eigenvalue weighted by atomic mass is 10.1. The van der Waals surface area contributed by atoms with Crippen LogP contribution in [0, 0.1) is 10.1 Å². The van der Waals surface area contributed by atoms with Crippen molar-refractivity contribution >= 4 is 22.6 Å². The molecule has 10 heteroatoms. The third-order valence-electron chi connectivity index (χ3n) is 4.88. The Morgan fingerprint density at radius 1 is 1.11 bits per heavy atom. The van der Waals surface area contributed by atoms with E-state index in [4.69, 9.17) is 0 Å². The van der Waals surface area contributed by atoms with E-state index in [2.05, 4.69) is 4.98 Å². The van der Waals surface area contributed by atoms with Crippen molar-refractivity contribution in [1.29, 1.82) is 0 Å². The van der Waals surface area contributed by atoms with Crippen LogP contribution in [0.3, 0.4) is 0 Å². The van der Waals surface area contributed by atoms with Crippen molar-refractivity contribution in [2.75, 3.05) is 0 Å². The molecule has 1 aromatic carbocycles. The maximum absolute atomic E-state index is 12.7. The molecule has 0 aliphatic heterocycles. The molecule has 0 unspecified atom stereocenters. The molecule has 0 spiro atoms. The molecule has 0 fully saturated rings. The van der Waals surface area contributed by atoms with Gasteiger partial charge >= 0.3 is 5.69 Å². The summed E-state index contributed by atoms with van der Waals surface area (Å²) in [6.45, 7) is 2.66. The Labute approximate surface area is 158 Å². The van der Waals surface area contributed by atoms with Crippen LogP contribution in [0.5, 0.6) is 0 Å². The van der Waals surface area contributed by atoms with E-state index in [1.54, 1.807) is 29.8 Å². The molecule has 4 aromatic rings. The van der Waals surface area contributed by atoms with Crippen molar-refractivity contribution in [2.45, 2.75) is 19.9 Å². The molecule has 3 aromatic heterocycles. The third-order valence-corrected chi connectivity index (χ3v) is 4.88. The summed E-state index contributed by atoms with van der Waals surface area (Å²) in [6.07, 6.45) is 2.61. The van der Waals surface area contributed by atoms with E-state index in [9.17, 15) is 19.7 Å². The highest BCUT2D eigenvalue weighted by atomic mass is 16.6. The Bertz CT molecular complexity index is 1350. The molecule has 0 aliphatic rings.